The molecule has 0 amide bonds. The molecule has 20 heavy (non-hydrogen) atoms. The molecule has 1 N–H and O–H groups in total. The highest BCUT2D eigenvalue weighted by Crippen LogP contribution is 2.35. The number of nitrogens with zero attached hydrogens (tertiary/aromatic N) is 1. The normalized spacial score (nSPS) is 23.4. The second-order valence-corrected chi connectivity index (χ2v) is 6.87. The first kappa shape index (κ1) is 15.7. The Morgan fingerprint density at radius 3 is 2.75 bits per heavy atom. The van der Waals surface area contributed by atoms with Gasteiger partial charge < -0.3 is 10.2 Å². The molecule has 2 atom stereocenters. The molecule has 2 unspecified atom stereocenters. The van der Waals surface area contributed by atoms with Gasteiger partial charge in [0.15, 0.2) is 0 Å². The van der Waals surface area contributed by atoms with E-state index in [9.17, 15) is 0 Å². The lowest BCUT2D eigenvalue weighted by atomic mass is 9.93. The molecule has 0 spiro atoms. The number of hydrogen-bond donors (Lipinski definition) is 1. The van der Waals surface area contributed by atoms with Crippen molar-refractivity contribution in [3.05, 3.63) is 28.8 Å². The molecule has 1 aromatic carbocycles. The van der Waals surface area contributed by atoms with E-state index in [1.165, 1.54) is 24.1 Å². The van der Waals surface area contributed by atoms with Gasteiger partial charge in [-0.25, -0.2) is 0 Å². The van der Waals surface area contributed by atoms with Gasteiger partial charge in [-0.2, -0.15) is 0 Å². The zero-order chi connectivity index (χ0) is 14.7. The van der Waals surface area contributed by atoms with Gasteiger partial charge in [0, 0.05) is 25.2 Å². The van der Waals surface area contributed by atoms with Crippen LogP contribution in [0.1, 0.15) is 46.1 Å². The molecule has 112 valence electrons. The van der Waals surface area contributed by atoms with Crippen LogP contribution in [0.4, 0.5) is 5.69 Å². The van der Waals surface area contributed by atoms with Crippen LogP contribution in [0.15, 0.2) is 18.2 Å². The van der Waals surface area contributed by atoms with Gasteiger partial charge in [-0.3, -0.25) is 0 Å². The third-order valence-corrected chi connectivity index (χ3v) is 4.48. The summed E-state index contributed by atoms with van der Waals surface area (Å²) in [4.78, 5) is 2.51. The van der Waals surface area contributed by atoms with E-state index in [-0.39, 0.29) is 0 Å². The molecule has 1 heterocycles. The van der Waals surface area contributed by atoms with E-state index in [0.29, 0.717) is 12.1 Å². The second kappa shape index (κ2) is 6.82. The minimum Gasteiger partial charge on any atom is -0.367 e. The molecule has 1 fully saturated rings. The molecule has 1 aromatic rings. The Hall–Kier alpha value is -0.730. The van der Waals surface area contributed by atoms with E-state index < -0.39 is 0 Å². The van der Waals surface area contributed by atoms with Gasteiger partial charge in [0.05, 0.1) is 10.7 Å². The molecule has 3 heteroatoms. The number of nitrogens with one attached hydrogen (secondary N) is 1. The van der Waals surface area contributed by atoms with Crippen molar-refractivity contribution in [1.82, 2.24) is 5.32 Å². The van der Waals surface area contributed by atoms with E-state index in [4.69, 9.17) is 11.6 Å². The van der Waals surface area contributed by atoms with Crippen LogP contribution >= 0.6 is 11.6 Å². The average molecular weight is 295 g/mol. The molecule has 0 bridgehead atoms. The topological polar surface area (TPSA) is 15.3 Å². The molecule has 2 rings (SSSR count). The van der Waals surface area contributed by atoms with Crippen LogP contribution in [0.3, 0.4) is 0 Å². The fourth-order valence-corrected chi connectivity index (χ4v) is 3.24. The SMILES string of the molecule is CC1CCC(C)N(c2c(Cl)cccc2CNC(C)C)C1. The van der Waals surface area contributed by atoms with Crippen LogP contribution in [-0.4, -0.2) is 18.6 Å². The molecule has 1 saturated heterocycles. The predicted octanol–water partition coefficient (Wildman–Crippen LogP) is 4.46. The number of halogens is 1. The number of rotatable bonds is 4. The first-order chi connectivity index (χ1) is 9.49. The molecule has 0 saturated carbocycles. The van der Waals surface area contributed by atoms with E-state index in [2.05, 4.69) is 50.0 Å². The summed E-state index contributed by atoms with van der Waals surface area (Å²) in [6.45, 7) is 11.0. The third-order valence-electron chi connectivity index (χ3n) is 4.18. The average Bonchev–Trinajstić information content (AvgIpc) is 2.39. The predicted molar refractivity (Wildman–Crippen MR) is 88.6 cm³/mol. The minimum atomic E-state index is 0.486. The van der Waals surface area contributed by atoms with E-state index >= 15 is 0 Å². The highest BCUT2D eigenvalue weighted by atomic mass is 35.5. The van der Waals surface area contributed by atoms with Crippen molar-refractivity contribution in [2.24, 2.45) is 5.92 Å². The lowest BCUT2D eigenvalue weighted by Crippen LogP contribution is -2.42. The standard InChI is InChI=1S/C17H27ClN2/c1-12(2)19-10-15-6-5-7-16(18)17(15)20-11-13(3)8-9-14(20)4/h5-7,12-14,19H,8-11H2,1-4H3. The quantitative estimate of drug-likeness (QED) is 0.882. The van der Waals surface area contributed by atoms with Crippen molar-refractivity contribution >= 4 is 17.3 Å². The van der Waals surface area contributed by atoms with Crippen LogP contribution in [0.5, 0.6) is 0 Å². The van der Waals surface area contributed by atoms with Gasteiger partial charge in [0.2, 0.25) is 0 Å². The van der Waals surface area contributed by atoms with Crippen molar-refractivity contribution in [2.45, 2.75) is 59.2 Å². The zero-order valence-electron chi connectivity index (χ0n) is 13.1. The largest absolute Gasteiger partial charge is 0.367 e. The number of benzene rings is 1. The van der Waals surface area contributed by atoms with Crippen LogP contribution in [0, 0.1) is 5.92 Å². The number of para-hydroxylation sites is 1. The highest BCUT2D eigenvalue weighted by Gasteiger charge is 2.26. The molecular formula is C17H27ClN2. The van der Waals surface area contributed by atoms with Gasteiger partial charge in [-0.05, 0) is 37.3 Å². The Bertz CT molecular complexity index is 445. The Morgan fingerprint density at radius 2 is 2.05 bits per heavy atom. The Labute approximate surface area is 128 Å². The van der Waals surface area contributed by atoms with E-state index in [1.807, 2.05) is 6.07 Å². The summed E-state index contributed by atoms with van der Waals surface area (Å²) in [7, 11) is 0. The fraction of sp³-hybridized carbons (Fsp3) is 0.647. The maximum absolute atomic E-state index is 6.52. The lowest BCUT2D eigenvalue weighted by molar-refractivity contribution is 0.389. The van der Waals surface area contributed by atoms with Gasteiger partial charge in [-0.15, -0.1) is 0 Å². The van der Waals surface area contributed by atoms with Crippen molar-refractivity contribution in [3.8, 4) is 0 Å². The minimum absolute atomic E-state index is 0.486. The van der Waals surface area contributed by atoms with Crippen molar-refractivity contribution in [3.63, 3.8) is 0 Å². The van der Waals surface area contributed by atoms with Gasteiger partial charge in [0.1, 0.15) is 0 Å². The van der Waals surface area contributed by atoms with Crippen LogP contribution in [0.25, 0.3) is 0 Å². The summed E-state index contributed by atoms with van der Waals surface area (Å²) in [6.07, 6.45) is 2.57. The Morgan fingerprint density at radius 1 is 1.30 bits per heavy atom. The highest BCUT2D eigenvalue weighted by molar-refractivity contribution is 6.33. The molecular weight excluding hydrogens is 268 g/mol. The maximum Gasteiger partial charge on any atom is 0.0643 e. The first-order valence-corrected chi connectivity index (χ1v) is 8.14. The first-order valence-electron chi connectivity index (χ1n) is 7.76. The maximum atomic E-state index is 6.52. The molecule has 0 aromatic heterocycles. The molecule has 0 aliphatic carbocycles. The van der Waals surface area contributed by atoms with Crippen LogP contribution < -0.4 is 10.2 Å². The number of anilines is 1. The molecule has 1 aliphatic heterocycles. The van der Waals surface area contributed by atoms with Gasteiger partial charge in [0.25, 0.3) is 0 Å². The van der Waals surface area contributed by atoms with Gasteiger partial charge >= 0.3 is 0 Å². The summed E-state index contributed by atoms with van der Waals surface area (Å²) < 4.78 is 0. The third kappa shape index (κ3) is 3.67. The van der Waals surface area contributed by atoms with Crippen LogP contribution in [-0.2, 0) is 6.54 Å². The monoisotopic (exact) mass is 294 g/mol. The van der Waals surface area contributed by atoms with Crippen molar-refractivity contribution in [2.75, 3.05) is 11.4 Å². The fourth-order valence-electron chi connectivity index (χ4n) is 2.94. The number of piperidine rings is 1. The smallest absolute Gasteiger partial charge is 0.0643 e. The van der Waals surface area contributed by atoms with Crippen LogP contribution in [0.2, 0.25) is 5.02 Å². The van der Waals surface area contributed by atoms with Gasteiger partial charge in [-0.1, -0.05) is 44.5 Å². The second-order valence-electron chi connectivity index (χ2n) is 6.47. The summed E-state index contributed by atoms with van der Waals surface area (Å²) in [5, 5.41) is 4.39. The zero-order valence-corrected chi connectivity index (χ0v) is 13.9. The van der Waals surface area contributed by atoms with Crippen molar-refractivity contribution in [1.29, 1.82) is 0 Å². The van der Waals surface area contributed by atoms with Crippen molar-refractivity contribution < 1.29 is 0 Å². The number of hydrogen-bond acceptors (Lipinski definition) is 2. The molecule has 2 nitrogen and oxygen atoms in total. The van der Waals surface area contributed by atoms with E-state index in [0.717, 1.165) is 24.0 Å². The molecule has 1 aliphatic rings. The lowest BCUT2D eigenvalue weighted by Gasteiger charge is -2.40. The Kier molecular flexibility index (Phi) is 5.34. The summed E-state index contributed by atoms with van der Waals surface area (Å²) in [5.41, 5.74) is 2.55. The van der Waals surface area contributed by atoms with E-state index in [1.54, 1.807) is 0 Å². The Balaban J connectivity index is 2.28. The summed E-state index contributed by atoms with van der Waals surface area (Å²) in [6, 6.07) is 7.33. The molecule has 0 radical (unpaired) electrons. The summed E-state index contributed by atoms with van der Waals surface area (Å²) in [5.74, 6) is 0.744. The summed E-state index contributed by atoms with van der Waals surface area (Å²) >= 11 is 6.52.